The molecule has 1 aromatic heterocycles. The minimum Gasteiger partial charge on any atom is -0.391 e. The van der Waals surface area contributed by atoms with Crippen molar-refractivity contribution in [1.29, 1.82) is 0 Å². The number of hydrogen-bond donors (Lipinski definition) is 1. The Morgan fingerprint density at radius 1 is 1.50 bits per heavy atom. The van der Waals surface area contributed by atoms with Gasteiger partial charge in [0.15, 0.2) is 0 Å². The van der Waals surface area contributed by atoms with Crippen molar-refractivity contribution >= 4 is 11.9 Å². The van der Waals surface area contributed by atoms with Crippen LogP contribution in [0.5, 0.6) is 0 Å². The maximum Gasteiger partial charge on any atom is 0.147 e. The van der Waals surface area contributed by atoms with Crippen molar-refractivity contribution in [3.8, 4) is 0 Å². The van der Waals surface area contributed by atoms with Crippen molar-refractivity contribution in [1.82, 2.24) is 9.97 Å². The molecule has 1 fully saturated rings. The molecule has 14 heavy (non-hydrogen) atoms. The van der Waals surface area contributed by atoms with Gasteiger partial charge < -0.3 is 10.0 Å². The first-order valence-corrected chi connectivity index (χ1v) is 4.67. The van der Waals surface area contributed by atoms with Crippen LogP contribution in [0, 0.1) is 0 Å². The summed E-state index contributed by atoms with van der Waals surface area (Å²) in [5, 5.41) is 9.36. The Kier molecular flexibility index (Phi) is 2.45. The molecule has 2 rings (SSSR count). The monoisotopic (exact) mass is 191 g/mol. The lowest BCUT2D eigenvalue weighted by atomic mass is 10.3. The van der Waals surface area contributed by atoms with E-state index in [9.17, 15) is 5.11 Å². The van der Waals surface area contributed by atoms with Gasteiger partial charge in [-0.25, -0.2) is 4.98 Å². The van der Waals surface area contributed by atoms with Gasteiger partial charge in [0.2, 0.25) is 0 Å². The van der Waals surface area contributed by atoms with Crippen LogP contribution in [0.25, 0.3) is 6.08 Å². The molecule has 0 bridgehead atoms. The average Bonchev–Trinajstić information content (AvgIpc) is 2.65. The van der Waals surface area contributed by atoms with Crippen LogP contribution in [-0.2, 0) is 0 Å². The highest BCUT2D eigenvalue weighted by molar-refractivity contribution is 5.44. The first kappa shape index (κ1) is 9.15. The van der Waals surface area contributed by atoms with Crippen molar-refractivity contribution in [3.63, 3.8) is 0 Å². The summed E-state index contributed by atoms with van der Waals surface area (Å²) in [7, 11) is 0. The van der Waals surface area contributed by atoms with E-state index in [4.69, 9.17) is 0 Å². The van der Waals surface area contributed by atoms with Gasteiger partial charge in [0.05, 0.1) is 24.2 Å². The van der Waals surface area contributed by atoms with Crippen LogP contribution in [0.3, 0.4) is 0 Å². The molecule has 0 aromatic carbocycles. The van der Waals surface area contributed by atoms with Crippen molar-refractivity contribution in [2.45, 2.75) is 12.5 Å². The number of aliphatic hydroxyl groups is 1. The third kappa shape index (κ3) is 1.75. The first-order valence-electron chi connectivity index (χ1n) is 4.67. The molecule has 2 heterocycles. The Bertz CT molecular complexity index is 323. The predicted octanol–water partition coefficient (Wildman–Crippen LogP) is 0.691. The van der Waals surface area contributed by atoms with E-state index >= 15 is 0 Å². The quantitative estimate of drug-likeness (QED) is 0.747. The van der Waals surface area contributed by atoms with E-state index in [1.807, 2.05) is 4.90 Å². The van der Waals surface area contributed by atoms with Crippen molar-refractivity contribution in [2.75, 3.05) is 18.0 Å². The van der Waals surface area contributed by atoms with Crippen molar-refractivity contribution < 1.29 is 5.11 Å². The van der Waals surface area contributed by atoms with Crippen molar-refractivity contribution in [2.24, 2.45) is 0 Å². The molecule has 0 radical (unpaired) electrons. The van der Waals surface area contributed by atoms with E-state index in [2.05, 4.69) is 16.5 Å². The van der Waals surface area contributed by atoms with E-state index in [1.165, 1.54) is 0 Å². The highest BCUT2D eigenvalue weighted by atomic mass is 16.3. The van der Waals surface area contributed by atoms with Gasteiger partial charge in [0.1, 0.15) is 5.82 Å². The summed E-state index contributed by atoms with van der Waals surface area (Å²) in [6.45, 7) is 5.12. The predicted molar refractivity (Wildman–Crippen MR) is 55.0 cm³/mol. The zero-order valence-corrected chi connectivity index (χ0v) is 7.93. The highest BCUT2D eigenvalue weighted by Crippen LogP contribution is 2.16. The van der Waals surface area contributed by atoms with Gasteiger partial charge >= 0.3 is 0 Å². The van der Waals surface area contributed by atoms with Crippen LogP contribution in [0.2, 0.25) is 0 Å². The van der Waals surface area contributed by atoms with Crippen LogP contribution in [0.1, 0.15) is 12.1 Å². The summed E-state index contributed by atoms with van der Waals surface area (Å²) in [6, 6.07) is 0. The minimum absolute atomic E-state index is 0.226. The van der Waals surface area contributed by atoms with Crippen LogP contribution >= 0.6 is 0 Å². The topological polar surface area (TPSA) is 49.2 Å². The Labute approximate surface area is 82.9 Å². The van der Waals surface area contributed by atoms with E-state index in [1.54, 1.807) is 18.5 Å². The van der Waals surface area contributed by atoms with E-state index in [0.717, 1.165) is 24.5 Å². The molecule has 1 aliphatic rings. The Morgan fingerprint density at radius 2 is 2.36 bits per heavy atom. The highest BCUT2D eigenvalue weighted by Gasteiger charge is 2.21. The second-order valence-corrected chi connectivity index (χ2v) is 3.39. The molecule has 0 spiro atoms. The fraction of sp³-hybridized carbons (Fsp3) is 0.400. The molecule has 4 heteroatoms. The van der Waals surface area contributed by atoms with E-state index in [0.29, 0.717) is 6.54 Å². The van der Waals surface area contributed by atoms with E-state index < -0.39 is 0 Å². The molecule has 1 aromatic rings. The molecule has 74 valence electrons. The summed E-state index contributed by atoms with van der Waals surface area (Å²) < 4.78 is 0. The third-order valence-corrected chi connectivity index (χ3v) is 2.35. The Hall–Kier alpha value is -1.42. The number of rotatable bonds is 2. The molecule has 4 nitrogen and oxygen atoms in total. The fourth-order valence-corrected chi connectivity index (χ4v) is 1.55. The molecule has 0 unspecified atom stereocenters. The smallest absolute Gasteiger partial charge is 0.147 e. The Balaban J connectivity index is 2.13. The molecule has 0 saturated carbocycles. The average molecular weight is 191 g/mol. The lowest BCUT2D eigenvalue weighted by Crippen LogP contribution is -2.22. The zero-order chi connectivity index (χ0) is 9.97. The molecule has 1 N–H and O–H groups in total. The van der Waals surface area contributed by atoms with Gasteiger partial charge in [0, 0.05) is 13.1 Å². The SMILES string of the molecule is C=Cc1cnc(N2CC[C@@H](O)C2)cn1. The second-order valence-electron chi connectivity index (χ2n) is 3.39. The van der Waals surface area contributed by atoms with Crippen LogP contribution in [0.4, 0.5) is 5.82 Å². The normalized spacial score (nSPS) is 21.2. The number of aliphatic hydroxyl groups excluding tert-OH is 1. The van der Waals surface area contributed by atoms with Crippen LogP contribution in [0.15, 0.2) is 19.0 Å². The third-order valence-electron chi connectivity index (χ3n) is 2.35. The number of aromatic nitrogens is 2. The van der Waals surface area contributed by atoms with Gasteiger partial charge in [-0.3, -0.25) is 4.98 Å². The standard InChI is InChI=1S/C10H13N3O/c1-2-8-5-12-10(6-11-8)13-4-3-9(14)7-13/h2,5-6,9,14H,1,3-4,7H2/t9-/m1/s1. The Morgan fingerprint density at radius 3 is 2.86 bits per heavy atom. The lowest BCUT2D eigenvalue weighted by Gasteiger charge is -2.15. The fourth-order valence-electron chi connectivity index (χ4n) is 1.55. The molecule has 1 saturated heterocycles. The molecule has 0 aliphatic carbocycles. The summed E-state index contributed by atoms with van der Waals surface area (Å²) in [6.07, 6.45) is 5.65. The summed E-state index contributed by atoms with van der Waals surface area (Å²) in [4.78, 5) is 10.4. The number of anilines is 1. The second kappa shape index (κ2) is 3.75. The van der Waals surface area contributed by atoms with Crippen molar-refractivity contribution in [3.05, 3.63) is 24.7 Å². The molecule has 1 aliphatic heterocycles. The van der Waals surface area contributed by atoms with Gasteiger partial charge in [-0.15, -0.1) is 0 Å². The number of β-amino-alcohol motifs (C(OH)–C–C–N with tert-alkyl or cyclic N) is 1. The maximum atomic E-state index is 9.36. The molecular weight excluding hydrogens is 178 g/mol. The molecule has 0 amide bonds. The van der Waals surface area contributed by atoms with Gasteiger partial charge in [-0.1, -0.05) is 6.58 Å². The van der Waals surface area contributed by atoms with Gasteiger partial charge in [0.25, 0.3) is 0 Å². The lowest BCUT2D eigenvalue weighted by molar-refractivity contribution is 0.198. The zero-order valence-electron chi connectivity index (χ0n) is 7.93. The first-order chi connectivity index (χ1) is 6.79. The van der Waals surface area contributed by atoms with Gasteiger partial charge in [-0.2, -0.15) is 0 Å². The van der Waals surface area contributed by atoms with E-state index in [-0.39, 0.29) is 6.10 Å². The minimum atomic E-state index is -0.226. The molecule has 1 atom stereocenters. The van der Waals surface area contributed by atoms with Crippen LogP contribution < -0.4 is 4.90 Å². The summed E-state index contributed by atoms with van der Waals surface area (Å²) >= 11 is 0. The summed E-state index contributed by atoms with van der Waals surface area (Å²) in [5.41, 5.74) is 0.772. The molecular formula is C10H13N3O. The summed E-state index contributed by atoms with van der Waals surface area (Å²) in [5.74, 6) is 0.826. The number of hydrogen-bond acceptors (Lipinski definition) is 4. The largest absolute Gasteiger partial charge is 0.391 e. The number of nitrogens with zero attached hydrogens (tertiary/aromatic N) is 3. The van der Waals surface area contributed by atoms with Crippen LogP contribution in [-0.4, -0.2) is 34.3 Å². The van der Waals surface area contributed by atoms with Gasteiger partial charge in [-0.05, 0) is 12.5 Å². The maximum absolute atomic E-state index is 9.36.